The lowest BCUT2D eigenvalue weighted by Crippen LogP contribution is -2.46. The highest BCUT2D eigenvalue weighted by Gasteiger charge is 2.31. The van der Waals surface area contributed by atoms with Crippen LogP contribution in [0, 0.1) is 5.92 Å². The van der Waals surface area contributed by atoms with E-state index >= 15 is 0 Å². The Morgan fingerprint density at radius 1 is 1.04 bits per heavy atom. The number of carbonyl (C=O) groups excluding carboxylic acids is 1. The molecule has 2 aromatic rings. The van der Waals surface area contributed by atoms with E-state index in [1.165, 1.54) is 22.3 Å². The lowest BCUT2D eigenvalue weighted by molar-refractivity contribution is -0.121. The number of fused-ring (bicyclic) bond motifs is 2. The molecule has 0 amide bonds. The molecule has 4 rings (SSSR count). The van der Waals surface area contributed by atoms with Crippen LogP contribution >= 0.6 is 0 Å². The van der Waals surface area contributed by atoms with Gasteiger partial charge in [-0.2, -0.15) is 0 Å². The summed E-state index contributed by atoms with van der Waals surface area (Å²) in [6.07, 6.45) is 6.19. The highest BCUT2D eigenvalue weighted by Crippen LogP contribution is 2.33. The number of para-hydroxylation sites is 2. The standard InChI is InChI=1S/C20H19BNO/c1-14(23)15-7-6-8-16(13-15)22-19-11-4-2-9-17(19)21-18-10-3-5-12-20(18)22/h2-6,8-12,15-16H,7,13H2,1H3. The van der Waals surface area contributed by atoms with Gasteiger partial charge in [-0.15, -0.1) is 0 Å². The number of rotatable bonds is 2. The minimum atomic E-state index is 0.134. The summed E-state index contributed by atoms with van der Waals surface area (Å²) in [4.78, 5) is 14.3. The molecule has 3 heteroatoms. The summed E-state index contributed by atoms with van der Waals surface area (Å²) in [5, 5.41) is 0. The van der Waals surface area contributed by atoms with Crippen LogP contribution in [0.4, 0.5) is 11.4 Å². The highest BCUT2D eigenvalue weighted by atomic mass is 16.1. The summed E-state index contributed by atoms with van der Waals surface area (Å²) in [6.45, 7) is 1.72. The van der Waals surface area contributed by atoms with Crippen molar-refractivity contribution in [1.29, 1.82) is 0 Å². The molecule has 2 unspecified atom stereocenters. The third-order valence-corrected chi connectivity index (χ3v) is 4.91. The lowest BCUT2D eigenvalue weighted by Gasteiger charge is -2.40. The van der Waals surface area contributed by atoms with Crippen LogP contribution in [0.3, 0.4) is 0 Å². The second-order valence-corrected chi connectivity index (χ2v) is 6.41. The molecule has 2 aromatic carbocycles. The smallest absolute Gasteiger partial charge is 0.196 e. The first-order chi connectivity index (χ1) is 11.2. The van der Waals surface area contributed by atoms with Crippen molar-refractivity contribution in [3.05, 3.63) is 60.7 Å². The fourth-order valence-electron chi connectivity index (χ4n) is 3.70. The number of anilines is 2. The molecule has 2 atom stereocenters. The van der Waals surface area contributed by atoms with Crippen LogP contribution in [0.15, 0.2) is 60.7 Å². The largest absolute Gasteiger partial charge is 0.336 e. The van der Waals surface area contributed by atoms with Crippen LogP contribution in [-0.2, 0) is 4.79 Å². The zero-order chi connectivity index (χ0) is 15.8. The maximum Gasteiger partial charge on any atom is 0.196 e. The third-order valence-electron chi connectivity index (χ3n) is 4.91. The SMILES string of the molecule is CC(=O)C1CC=CC(N2c3ccccc3[B]c3ccccc32)C1. The third kappa shape index (κ3) is 2.50. The Balaban J connectivity index is 1.80. The first-order valence-corrected chi connectivity index (χ1v) is 8.23. The molecular weight excluding hydrogens is 281 g/mol. The summed E-state index contributed by atoms with van der Waals surface area (Å²) in [5.41, 5.74) is 4.93. The van der Waals surface area contributed by atoms with E-state index in [1.54, 1.807) is 6.92 Å². The molecule has 1 aliphatic carbocycles. The molecule has 2 aliphatic rings. The first kappa shape index (κ1) is 14.3. The Kier molecular flexibility index (Phi) is 3.57. The lowest BCUT2D eigenvalue weighted by atomic mass is 9.60. The van der Waals surface area contributed by atoms with Gasteiger partial charge in [-0.25, -0.2) is 0 Å². The van der Waals surface area contributed by atoms with E-state index in [2.05, 4.69) is 72.9 Å². The van der Waals surface area contributed by atoms with E-state index < -0.39 is 0 Å². The Morgan fingerprint density at radius 3 is 2.26 bits per heavy atom. The predicted molar refractivity (Wildman–Crippen MR) is 96.4 cm³/mol. The second-order valence-electron chi connectivity index (χ2n) is 6.41. The predicted octanol–water partition coefficient (Wildman–Crippen LogP) is 2.72. The van der Waals surface area contributed by atoms with E-state index in [0.717, 1.165) is 12.8 Å². The molecular formula is C20H19BNO. The van der Waals surface area contributed by atoms with Gasteiger partial charge in [-0.05, 0) is 31.9 Å². The number of hydrogen-bond donors (Lipinski definition) is 0. The van der Waals surface area contributed by atoms with Gasteiger partial charge in [0.25, 0.3) is 0 Å². The fraction of sp³-hybridized carbons (Fsp3) is 0.250. The van der Waals surface area contributed by atoms with Gasteiger partial charge in [0.05, 0.1) is 6.04 Å². The van der Waals surface area contributed by atoms with Crippen LogP contribution in [0.5, 0.6) is 0 Å². The van der Waals surface area contributed by atoms with Gasteiger partial charge in [0.1, 0.15) is 5.78 Å². The molecule has 23 heavy (non-hydrogen) atoms. The molecule has 1 aliphatic heterocycles. The van der Waals surface area contributed by atoms with Gasteiger partial charge < -0.3 is 4.90 Å². The Labute approximate surface area is 138 Å². The Hall–Kier alpha value is -2.29. The van der Waals surface area contributed by atoms with Crippen LogP contribution < -0.4 is 15.8 Å². The van der Waals surface area contributed by atoms with Crippen LogP contribution in [0.1, 0.15) is 19.8 Å². The van der Waals surface area contributed by atoms with E-state index in [4.69, 9.17) is 0 Å². The Bertz CT molecular complexity index is 737. The molecule has 2 nitrogen and oxygen atoms in total. The first-order valence-electron chi connectivity index (χ1n) is 8.23. The molecule has 0 fully saturated rings. The van der Waals surface area contributed by atoms with Crippen molar-refractivity contribution in [3.8, 4) is 0 Å². The topological polar surface area (TPSA) is 20.3 Å². The normalized spacial score (nSPS) is 22.0. The van der Waals surface area contributed by atoms with Gasteiger partial charge in [0.2, 0.25) is 0 Å². The number of allylic oxidation sites excluding steroid dienone is 1. The number of nitrogens with zero attached hydrogens (tertiary/aromatic N) is 1. The van der Waals surface area contributed by atoms with Crippen LogP contribution in [0.2, 0.25) is 0 Å². The summed E-state index contributed by atoms with van der Waals surface area (Å²) < 4.78 is 0. The van der Waals surface area contributed by atoms with Crippen molar-refractivity contribution in [1.82, 2.24) is 0 Å². The number of carbonyl (C=O) groups is 1. The van der Waals surface area contributed by atoms with Crippen molar-refractivity contribution < 1.29 is 4.79 Å². The molecule has 0 aromatic heterocycles. The molecule has 0 bridgehead atoms. The van der Waals surface area contributed by atoms with Gasteiger partial charge in [-0.3, -0.25) is 4.79 Å². The quantitative estimate of drug-likeness (QED) is 0.628. The van der Waals surface area contributed by atoms with E-state index in [1.807, 2.05) is 0 Å². The zero-order valence-electron chi connectivity index (χ0n) is 13.3. The van der Waals surface area contributed by atoms with Crippen molar-refractivity contribution in [2.24, 2.45) is 5.92 Å². The summed E-state index contributed by atoms with van der Waals surface area (Å²) in [5.74, 6) is 0.430. The molecule has 1 heterocycles. The van der Waals surface area contributed by atoms with Crippen LogP contribution in [0.25, 0.3) is 0 Å². The maximum atomic E-state index is 11.9. The number of hydrogen-bond acceptors (Lipinski definition) is 2. The molecule has 0 saturated carbocycles. The number of Topliss-reactive ketones (excluding diaryl/α,β-unsaturated/α-hetero) is 1. The highest BCUT2D eigenvalue weighted by molar-refractivity contribution is 6.71. The maximum absolute atomic E-state index is 11.9. The van der Waals surface area contributed by atoms with Crippen LogP contribution in [-0.4, -0.2) is 19.1 Å². The van der Waals surface area contributed by atoms with E-state index in [0.29, 0.717) is 5.78 Å². The van der Waals surface area contributed by atoms with E-state index in [9.17, 15) is 4.79 Å². The van der Waals surface area contributed by atoms with Crippen molar-refractivity contribution in [2.45, 2.75) is 25.8 Å². The molecule has 113 valence electrons. The van der Waals surface area contributed by atoms with Gasteiger partial charge in [0, 0.05) is 17.3 Å². The summed E-state index contributed by atoms with van der Waals surface area (Å²) >= 11 is 0. The van der Waals surface area contributed by atoms with Gasteiger partial charge in [0.15, 0.2) is 7.28 Å². The van der Waals surface area contributed by atoms with Crippen molar-refractivity contribution >= 4 is 35.4 Å². The molecule has 0 saturated heterocycles. The zero-order valence-corrected chi connectivity index (χ0v) is 13.3. The Morgan fingerprint density at radius 2 is 1.65 bits per heavy atom. The summed E-state index contributed by atoms with van der Waals surface area (Å²) in [6, 6.07) is 17.2. The van der Waals surface area contributed by atoms with E-state index in [-0.39, 0.29) is 12.0 Å². The second kappa shape index (κ2) is 5.73. The minimum absolute atomic E-state index is 0.134. The van der Waals surface area contributed by atoms with Gasteiger partial charge in [-0.1, -0.05) is 59.5 Å². The molecule has 0 N–H and O–H groups in total. The van der Waals surface area contributed by atoms with Crippen molar-refractivity contribution in [2.75, 3.05) is 4.90 Å². The average Bonchev–Trinajstić information content (AvgIpc) is 2.59. The number of ketones is 1. The molecule has 1 radical (unpaired) electrons. The monoisotopic (exact) mass is 300 g/mol. The summed E-state index contributed by atoms with van der Waals surface area (Å²) in [7, 11) is 2.25. The number of benzene rings is 2. The average molecular weight is 300 g/mol. The van der Waals surface area contributed by atoms with Crippen molar-refractivity contribution in [3.63, 3.8) is 0 Å². The fourth-order valence-corrected chi connectivity index (χ4v) is 3.70. The molecule has 0 spiro atoms. The minimum Gasteiger partial charge on any atom is -0.336 e. The van der Waals surface area contributed by atoms with Gasteiger partial charge >= 0.3 is 0 Å².